The van der Waals surface area contributed by atoms with Crippen molar-refractivity contribution in [3.63, 3.8) is 0 Å². The van der Waals surface area contributed by atoms with Gasteiger partial charge in [-0.2, -0.15) is 0 Å². The van der Waals surface area contributed by atoms with Gasteiger partial charge in [-0.15, -0.1) is 0 Å². The minimum absolute atomic E-state index is 0.0150. The van der Waals surface area contributed by atoms with Crippen molar-refractivity contribution in [1.82, 2.24) is 0 Å². The van der Waals surface area contributed by atoms with E-state index in [0.717, 1.165) is 6.26 Å². The van der Waals surface area contributed by atoms with Crippen molar-refractivity contribution in [1.29, 1.82) is 0 Å². The van der Waals surface area contributed by atoms with Crippen molar-refractivity contribution in [2.45, 2.75) is 16.7 Å². The summed E-state index contributed by atoms with van der Waals surface area (Å²) in [7, 11) is -7.15. The van der Waals surface area contributed by atoms with Crippen LogP contribution in [0.1, 0.15) is 6.92 Å². The van der Waals surface area contributed by atoms with Gasteiger partial charge >= 0.3 is 0 Å². The maximum Gasteiger partial charge on any atom is 0.261 e. The van der Waals surface area contributed by atoms with Crippen LogP contribution in [0.5, 0.6) is 5.75 Å². The SMILES string of the molecule is CCOc1ccc(NS(=O)(=O)c2ccc(S(C)(=O)=O)cc2)cc1. The highest BCUT2D eigenvalue weighted by atomic mass is 32.2. The number of anilines is 1. The predicted molar refractivity (Wildman–Crippen MR) is 88.0 cm³/mol. The molecule has 0 amide bonds. The molecule has 23 heavy (non-hydrogen) atoms. The van der Waals surface area contributed by atoms with Crippen LogP contribution in [0, 0.1) is 0 Å². The van der Waals surface area contributed by atoms with Gasteiger partial charge in [0.05, 0.1) is 16.4 Å². The van der Waals surface area contributed by atoms with E-state index >= 15 is 0 Å². The van der Waals surface area contributed by atoms with Crippen LogP contribution < -0.4 is 9.46 Å². The largest absolute Gasteiger partial charge is 0.494 e. The lowest BCUT2D eigenvalue weighted by molar-refractivity contribution is 0.340. The molecular formula is C15H17NO5S2. The Balaban J connectivity index is 2.21. The second-order valence-corrected chi connectivity index (χ2v) is 8.50. The number of ether oxygens (including phenoxy) is 1. The van der Waals surface area contributed by atoms with Crippen LogP contribution in [-0.2, 0) is 19.9 Å². The van der Waals surface area contributed by atoms with E-state index in [-0.39, 0.29) is 9.79 Å². The van der Waals surface area contributed by atoms with Crippen LogP contribution in [0.15, 0.2) is 58.3 Å². The van der Waals surface area contributed by atoms with Gasteiger partial charge in [-0.1, -0.05) is 0 Å². The number of benzene rings is 2. The number of rotatable bonds is 6. The lowest BCUT2D eigenvalue weighted by Gasteiger charge is -2.09. The van der Waals surface area contributed by atoms with Gasteiger partial charge in [0.1, 0.15) is 5.75 Å². The zero-order chi connectivity index (χ0) is 17.1. The van der Waals surface area contributed by atoms with E-state index in [1.54, 1.807) is 24.3 Å². The number of sulfone groups is 1. The molecule has 0 aliphatic carbocycles. The van der Waals surface area contributed by atoms with Gasteiger partial charge in [-0.05, 0) is 55.5 Å². The van der Waals surface area contributed by atoms with Crippen LogP contribution in [0.2, 0.25) is 0 Å². The highest BCUT2D eigenvalue weighted by molar-refractivity contribution is 7.92. The molecule has 2 aromatic carbocycles. The third-order valence-corrected chi connectivity index (χ3v) is 5.51. The standard InChI is InChI=1S/C15H17NO5S2/c1-3-21-13-6-4-12(5-7-13)16-23(19,20)15-10-8-14(9-11-15)22(2,17)18/h4-11,16H,3H2,1-2H3. The fourth-order valence-corrected chi connectivity index (χ4v) is 3.56. The smallest absolute Gasteiger partial charge is 0.261 e. The molecule has 0 unspecified atom stereocenters. The highest BCUT2D eigenvalue weighted by Crippen LogP contribution is 2.20. The summed E-state index contributed by atoms with van der Waals surface area (Å²) in [6.45, 7) is 2.38. The van der Waals surface area contributed by atoms with Crippen molar-refractivity contribution in [3.05, 3.63) is 48.5 Å². The summed E-state index contributed by atoms with van der Waals surface area (Å²) >= 11 is 0. The first-order valence-electron chi connectivity index (χ1n) is 6.78. The average Bonchev–Trinajstić information content (AvgIpc) is 2.48. The molecule has 0 saturated carbocycles. The molecule has 2 rings (SSSR count). The maximum atomic E-state index is 12.3. The number of hydrogen-bond donors (Lipinski definition) is 1. The quantitative estimate of drug-likeness (QED) is 0.859. The Morgan fingerprint density at radius 2 is 1.39 bits per heavy atom. The summed E-state index contributed by atoms with van der Waals surface area (Å²) in [5, 5.41) is 0. The molecule has 8 heteroatoms. The molecule has 0 heterocycles. The third kappa shape index (κ3) is 4.46. The first-order chi connectivity index (χ1) is 10.7. The molecule has 124 valence electrons. The van der Waals surface area contributed by atoms with Crippen molar-refractivity contribution >= 4 is 25.5 Å². The molecule has 0 radical (unpaired) electrons. The van der Waals surface area contributed by atoms with Gasteiger partial charge in [-0.25, -0.2) is 16.8 Å². The van der Waals surface area contributed by atoms with Crippen LogP contribution >= 0.6 is 0 Å². The van der Waals surface area contributed by atoms with Crippen molar-refractivity contribution in [2.75, 3.05) is 17.6 Å². The van der Waals surface area contributed by atoms with E-state index in [4.69, 9.17) is 4.74 Å². The zero-order valence-electron chi connectivity index (χ0n) is 12.7. The topological polar surface area (TPSA) is 89.5 Å². The Morgan fingerprint density at radius 3 is 1.87 bits per heavy atom. The molecule has 2 aromatic rings. The number of hydrogen-bond acceptors (Lipinski definition) is 5. The van der Waals surface area contributed by atoms with E-state index in [2.05, 4.69) is 4.72 Å². The summed E-state index contributed by atoms with van der Waals surface area (Å²) < 4.78 is 55.1. The van der Waals surface area contributed by atoms with Crippen LogP contribution in [-0.4, -0.2) is 29.7 Å². The summed E-state index contributed by atoms with van der Waals surface area (Å²) in [5.41, 5.74) is 0.389. The first-order valence-corrected chi connectivity index (χ1v) is 10.2. The van der Waals surface area contributed by atoms with Gasteiger partial charge in [0.25, 0.3) is 10.0 Å². The number of sulfonamides is 1. The second kappa shape index (κ2) is 6.59. The van der Waals surface area contributed by atoms with Gasteiger partial charge in [0.15, 0.2) is 9.84 Å². The van der Waals surface area contributed by atoms with Crippen molar-refractivity contribution < 1.29 is 21.6 Å². The normalized spacial score (nSPS) is 11.9. The van der Waals surface area contributed by atoms with Gasteiger partial charge in [-0.3, -0.25) is 4.72 Å². The van der Waals surface area contributed by atoms with E-state index in [9.17, 15) is 16.8 Å². The minimum atomic E-state index is -3.79. The van der Waals surface area contributed by atoms with E-state index < -0.39 is 19.9 Å². The van der Waals surface area contributed by atoms with Gasteiger partial charge in [0.2, 0.25) is 0 Å². The number of nitrogens with one attached hydrogen (secondary N) is 1. The predicted octanol–water partition coefficient (Wildman–Crippen LogP) is 2.29. The second-order valence-electron chi connectivity index (χ2n) is 4.81. The first kappa shape index (κ1) is 17.3. The van der Waals surface area contributed by atoms with Crippen molar-refractivity contribution in [2.24, 2.45) is 0 Å². The Bertz CT molecular complexity index is 870. The molecule has 6 nitrogen and oxygen atoms in total. The summed E-state index contributed by atoms with van der Waals surface area (Å²) in [4.78, 5) is 0.0521. The van der Waals surface area contributed by atoms with E-state index in [1.807, 2.05) is 6.92 Å². The molecule has 0 bridgehead atoms. The van der Waals surface area contributed by atoms with E-state index in [1.165, 1.54) is 24.3 Å². The van der Waals surface area contributed by atoms with E-state index in [0.29, 0.717) is 18.0 Å². The fraction of sp³-hybridized carbons (Fsp3) is 0.200. The molecule has 0 aromatic heterocycles. The fourth-order valence-electron chi connectivity index (χ4n) is 1.87. The summed E-state index contributed by atoms with van der Waals surface area (Å²) in [6, 6.07) is 11.5. The summed E-state index contributed by atoms with van der Waals surface area (Å²) in [6.07, 6.45) is 1.06. The molecular weight excluding hydrogens is 338 g/mol. The van der Waals surface area contributed by atoms with Gasteiger partial charge < -0.3 is 4.74 Å². The zero-order valence-corrected chi connectivity index (χ0v) is 14.3. The minimum Gasteiger partial charge on any atom is -0.494 e. The van der Waals surface area contributed by atoms with Gasteiger partial charge in [0, 0.05) is 11.9 Å². The molecule has 0 spiro atoms. The molecule has 1 N–H and O–H groups in total. The summed E-state index contributed by atoms with van der Waals surface area (Å²) in [5.74, 6) is 0.646. The lowest BCUT2D eigenvalue weighted by atomic mass is 10.3. The monoisotopic (exact) mass is 355 g/mol. The van der Waals surface area contributed by atoms with Crippen LogP contribution in [0.4, 0.5) is 5.69 Å². The van der Waals surface area contributed by atoms with Crippen LogP contribution in [0.3, 0.4) is 0 Å². The van der Waals surface area contributed by atoms with Crippen LogP contribution in [0.25, 0.3) is 0 Å². The molecule has 0 saturated heterocycles. The maximum absolute atomic E-state index is 12.3. The highest BCUT2D eigenvalue weighted by Gasteiger charge is 2.15. The third-order valence-electron chi connectivity index (χ3n) is 2.98. The average molecular weight is 355 g/mol. The Morgan fingerprint density at radius 1 is 0.870 bits per heavy atom. The molecule has 0 fully saturated rings. The Labute approximate surface area is 136 Å². The van der Waals surface area contributed by atoms with Crippen molar-refractivity contribution in [3.8, 4) is 5.75 Å². The Kier molecular flexibility index (Phi) is 4.96. The molecule has 0 aliphatic heterocycles. The molecule has 0 atom stereocenters. The molecule has 0 aliphatic rings. The lowest BCUT2D eigenvalue weighted by Crippen LogP contribution is -2.13. The Hall–Kier alpha value is -2.06.